The number of pyridine rings is 1. The summed E-state index contributed by atoms with van der Waals surface area (Å²) in [5, 5.41) is 5.72. The van der Waals surface area contributed by atoms with E-state index in [1.54, 1.807) is 6.07 Å². The molecule has 7 heteroatoms. The summed E-state index contributed by atoms with van der Waals surface area (Å²) in [6, 6.07) is 14.0. The SMILES string of the molecule is Cc1cccc(C(=O)NCC(=O)NC2CN(C3CCC(c4cccc(N)n4)CC3)C2)c1. The highest BCUT2D eigenvalue weighted by molar-refractivity contribution is 5.96. The van der Waals surface area contributed by atoms with E-state index in [-0.39, 0.29) is 24.4 Å². The largest absolute Gasteiger partial charge is 0.384 e. The Morgan fingerprint density at radius 3 is 2.55 bits per heavy atom. The molecule has 1 aliphatic heterocycles. The van der Waals surface area contributed by atoms with E-state index >= 15 is 0 Å². The zero-order valence-corrected chi connectivity index (χ0v) is 18.0. The molecule has 1 aromatic carbocycles. The van der Waals surface area contributed by atoms with Crippen molar-refractivity contribution < 1.29 is 9.59 Å². The number of benzene rings is 1. The van der Waals surface area contributed by atoms with Crippen LogP contribution in [-0.4, -0.2) is 53.4 Å². The summed E-state index contributed by atoms with van der Waals surface area (Å²) in [6.45, 7) is 3.70. The Balaban J connectivity index is 1.15. The number of likely N-dealkylation sites (tertiary alicyclic amines) is 1. The highest BCUT2D eigenvalue weighted by Gasteiger charge is 2.35. The minimum atomic E-state index is -0.222. The normalized spacial score (nSPS) is 21.8. The summed E-state index contributed by atoms with van der Waals surface area (Å²) < 4.78 is 0. The molecule has 2 aliphatic rings. The van der Waals surface area contributed by atoms with Crippen LogP contribution in [0.25, 0.3) is 0 Å². The third-order valence-electron chi connectivity index (χ3n) is 6.39. The Morgan fingerprint density at radius 2 is 1.84 bits per heavy atom. The van der Waals surface area contributed by atoms with Crippen LogP contribution in [0.5, 0.6) is 0 Å². The van der Waals surface area contributed by atoms with Crippen molar-refractivity contribution in [3.05, 3.63) is 59.3 Å². The fourth-order valence-corrected chi connectivity index (χ4v) is 4.66. The molecule has 1 saturated carbocycles. The molecule has 1 aliphatic carbocycles. The number of amides is 2. The van der Waals surface area contributed by atoms with Crippen molar-refractivity contribution in [2.45, 2.75) is 50.6 Å². The van der Waals surface area contributed by atoms with Gasteiger partial charge in [0.05, 0.1) is 12.6 Å². The van der Waals surface area contributed by atoms with Gasteiger partial charge in [0, 0.05) is 36.3 Å². The van der Waals surface area contributed by atoms with E-state index < -0.39 is 0 Å². The molecule has 2 heterocycles. The zero-order valence-electron chi connectivity index (χ0n) is 18.0. The fourth-order valence-electron chi connectivity index (χ4n) is 4.66. The molecule has 31 heavy (non-hydrogen) atoms. The van der Waals surface area contributed by atoms with Gasteiger partial charge < -0.3 is 16.4 Å². The minimum Gasteiger partial charge on any atom is -0.384 e. The van der Waals surface area contributed by atoms with Gasteiger partial charge in [0.1, 0.15) is 5.82 Å². The molecular weight excluding hydrogens is 390 g/mol. The number of hydrogen-bond donors (Lipinski definition) is 3. The third-order valence-corrected chi connectivity index (χ3v) is 6.39. The minimum absolute atomic E-state index is 0.00158. The maximum absolute atomic E-state index is 12.2. The second-order valence-electron chi connectivity index (χ2n) is 8.76. The molecule has 0 spiro atoms. The van der Waals surface area contributed by atoms with E-state index in [0.29, 0.717) is 23.3 Å². The molecule has 4 N–H and O–H groups in total. The number of carbonyl (C=O) groups excluding carboxylic acids is 2. The second kappa shape index (κ2) is 9.47. The summed E-state index contributed by atoms with van der Waals surface area (Å²) in [5.74, 6) is 0.729. The van der Waals surface area contributed by atoms with E-state index in [1.165, 1.54) is 0 Å². The Bertz CT molecular complexity index is 933. The first-order chi connectivity index (χ1) is 15.0. The van der Waals surface area contributed by atoms with Gasteiger partial charge in [0.25, 0.3) is 5.91 Å². The maximum atomic E-state index is 12.2. The van der Waals surface area contributed by atoms with Crippen LogP contribution >= 0.6 is 0 Å². The first kappa shape index (κ1) is 21.3. The van der Waals surface area contributed by atoms with Crippen LogP contribution in [0.1, 0.15) is 53.2 Å². The molecule has 4 rings (SSSR count). The number of rotatable bonds is 6. The number of aromatic nitrogens is 1. The van der Waals surface area contributed by atoms with Crippen molar-refractivity contribution >= 4 is 17.6 Å². The quantitative estimate of drug-likeness (QED) is 0.664. The van der Waals surface area contributed by atoms with Crippen LogP contribution in [0.2, 0.25) is 0 Å². The number of nitrogens with two attached hydrogens (primary N) is 1. The van der Waals surface area contributed by atoms with Crippen LogP contribution in [0.3, 0.4) is 0 Å². The number of hydrogen-bond acceptors (Lipinski definition) is 5. The molecule has 2 amide bonds. The predicted molar refractivity (Wildman–Crippen MR) is 121 cm³/mol. The third kappa shape index (κ3) is 5.41. The second-order valence-corrected chi connectivity index (χ2v) is 8.76. The number of nitrogens with one attached hydrogen (secondary N) is 2. The number of aryl methyl sites for hydroxylation is 1. The molecule has 1 saturated heterocycles. The van der Waals surface area contributed by atoms with E-state index in [4.69, 9.17) is 5.73 Å². The Labute approximate surface area is 183 Å². The molecule has 0 radical (unpaired) electrons. The molecule has 1 aromatic heterocycles. The van der Waals surface area contributed by atoms with Crippen LogP contribution in [0, 0.1) is 6.92 Å². The molecule has 2 fully saturated rings. The lowest BCUT2D eigenvalue weighted by Gasteiger charge is -2.46. The number of nitrogen functional groups attached to an aromatic ring is 1. The highest BCUT2D eigenvalue weighted by atomic mass is 16.2. The summed E-state index contributed by atoms with van der Waals surface area (Å²) in [5.41, 5.74) is 8.53. The molecular formula is C24H31N5O2. The molecule has 0 atom stereocenters. The van der Waals surface area contributed by atoms with Crippen molar-refractivity contribution in [3.8, 4) is 0 Å². The van der Waals surface area contributed by atoms with Gasteiger partial charge >= 0.3 is 0 Å². The predicted octanol–water partition coefficient (Wildman–Crippen LogP) is 2.23. The van der Waals surface area contributed by atoms with Crippen molar-refractivity contribution in [1.82, 2.24) is 20.5 Å². The van der Waals surface area contributed by atoms with Crippen LogP contribution in [-0.2, 0) is 4.79 Å². The van der Waals surface area contributed by atoms with Crippen molar-refractivity contribution in [2.75, 3.05) is 25.4 Å². The topological polar surface area (TPSA) is 100 Å². The monoisotopic (exact) mass is 421 g/mol. The first-order valence-corrected chi connectivity index (χ1v) is 11.1. The van der Waals surface area contributed by atoms with Gasteiger partial charge in [-0.15, -0.1) is 0 Å². The van der Waals surface area contributed by atoms with E-state index in [9.17, 15) is 9.59 Å². The summed E-state index contributed by atoms with van der Waals surface area (Å²) >= 11 is 0. The summed E-state index contributed by atoms with van der Waals surface area (Å²) in [4.78, 5) is 31.3. The standard InChI is InChI=1S/C24H31N5O2/c1-16-4-2-5-18(12-16)24(31)26-13-23(30)27-19-14-29(15-19)20-10-8-17(9-11-20)21-6-3-7-22(25)28-21/h2-7,12,17,19-20H,8-11,13-15H2,1H3,(H2,25,28)(H,26,31)(H,27,30). The zero-order chi connectivity index (χ0) is 21.8. The Hall–Kier alpha value is -2.93. The highest BCUT2D eigenvalue weighted by Crippen LogP contribution is 2.35. The average molecular weight is 422 g/mol. The molecule has 0 bridgehead atoms. The molecule has 2 aromatic rings. The van der Waals surface area contributed by atoms with Gasteiger partial charge in [-0.2, -0.15) is 0 Å². The summed E-state index contributed by atoms with van der Waals surface area (Å²) in [6.07, 6.45) is 4.54. The Morgan fingerprint density at radius 1 is 1.10 bits per heavy atom. The van der Waals surface area contributed by atoms with Gasteiger partial charge in [-0.05, 0) is 56.9 Å². The van der Waals surface area contributed by atoms with Crippen LogP contribution in [0.15, 0.2) is 42.5 Å². The molecule has 164 valence electrons. The maximum Gasteiger partial charge on any atom is 0.251 e. The van der Waals surface area contributed by atoms with Crippen molar-refractivity contribution in [1.29, 1.82) is 0 Å². The lowest BCUT2D eigenvalue weighted by Crippen LogP contribution is -2.63. The van der Waals surface area contributed by atoms with Crippen LogP contribution in [0.4, 0.5) is 5.82 Å². The van der Waals surface area contributed by atoms with E-state index in [1.807, 2.05) is 37.3 Å². The van der Waals surface area contributed by atoms with Gasteiger partial charge in [-0.25, -0.2) is 4.98 Å². The van der Waals surface area contributed by atoms with Crippen molar-refractivity contribution in [2.24, 2.45) is 0 Å². The fraction of sp³-hybridized carbons (Fsp3) is 0.458. The first-order valence-electron chi connectivity index (χ1n) is 11.1. The lowest BCUT2D eigenvalue weighted by atomic mass is 9.82. The van der Waals surface area contributed by atoms with Gasteiger partial charge in [0.2, 0.25) is 5.91 Å². The van der Waals surface area contributed by atoms with Crippen molar-refractivity contribution in [3.63, 3.8) is 0 Å². The summed E-state index contributed by atoms with van der Waals surface area (Å²) in [7, 11) is 0. The van der Waals surface area contributed by atoms with Gasteiger partial charge in [-0.1, -0.05) is 23.8 Å². The van der Waals surface area contributed by atoms with Gasteiger partial charge in [-0.3, -0.25) is 14.5 Å². The smallest absolute Gasteiger partial charge is 0.251 e. The number of nitrogens with zero attached hydrogens (tertiary/aromatic N) is 2. The van der Waals surface area contributed by atoms with E-state index in [2.05, 4.69) is 26.6 Å². The lowest BCUT2D eigenvalue weighted by molar-refractivity contribution is -0.122. The number of carbonyl (C=O) groups is 2. The van der Waals surface area contributed by atoms with Gasteiger partial charge in [0.15, 0.2) is 0 Å². The van der Waals surface area contributed by atoms with E-state index in [0.717, 1.165) is 50.0 Å². The Kier molecular flexibility index (Phi) is 6.51. The molecule has 0 unspecified atom stereocenters. The van der Waals surface area contributed by atoms with Crippen LogP contribution < -0.4 is 16.4 Å². The molecule has 7 nitrogen and oxygen atoms in total. The number of anilines is 1. The average Bonchev–Trinajstić information content (AvgIpc) is 2.74.